The highest BCUT2D eigenvalue weighted by molar-refractivity contribution is 5.89. The lowest BCUT2D eigenvalue weighted by Crippen LogP contribution is -2.34. The maximum Gasteiger partial charge on any atom is 0.322 e. The van der Waals surface area contributed by atoms with Crippen LogP contribution < -0.4 is 10.1 Å². The van der Waals surface area contributed by atoms with Crippen LogP contribution in [-0.2, 0) is 0 Å². The van der Waals surface area contributed by atoms with Crippen LogP contribution in [0.15, 0.2) is 71.6 Å². The molecule has 1 aliphatic heterocycles. The van der Waals surface area contributed by atoms with E-state index in [1.807, 2.05) is 24.3 Å². The van der Waals surface area contributed by atoms with Crippen LogP contribution in [-0.4, -0.2) is 50.2 Å². The van der Waals surface area contributed by atoms with Crippen LogP contribution >= 0.6 is 0 Å². The molecule has 0 saturated carbocycles. The van der Waals surface area contributed by atoms with Crippen molar-refractivity contribution in [2.45, 2.75) is 12.5 Å². The first kappa shape index (κ1) is 20.6. The average Bonchev–Trinajstić information content (AvgIpc) is 3.52. The lowest BCUT2D eigenvalue weighted by atomic mass is 10.2. The summed E-state index contributed by atoms with van der Waals surface area (Å²) in [6.07, 6.45) is 5.07. The van der Waals surface area contributed by atoms with Gasteiger partial charge in [-0.2, -0.15) is 4.98 Å². The standard InChI is InChI=1S/C23H19FN6O3/c24-17-6-2-3-7-18(17)27-23(31)30-12-9-15(14-30)32-20-8-4-1-5-16(20)22-28-21(29-33-22)19-13-25-10-11-26-19/h1-8,10-11,13,15H,9,12,14H2,(H,27,31). The van der Waals surface area contributed by atoms with Crippen molar-refractivity contribution in [1.29, 1.82) is 0 Å². The highest BCUT2D eigenvalue weighted by atomic mass is 19.1. The Kier molecular flexibility index (Phi) is 5.62. The minimum Gasteiger partial charge on any atom is -0.488 e. The zero-order valence-corrected chi connectivity index (χ0v) is 17.4. The van der Waals surface area contributed by atoms with Gasteiger partial charge in [0, 0.05) is 25.4 Å². The SMILES string of the molecule is O=C(Nc1ccccc1F)N1CCC(Oc2ccccc2-c2nc(-c3cnccn3)no2)C1. The molecule has 33 heavy (non-hydrogen) atoms. The van der Waals surface area contributed by atoms with E-state index in [9.17, 15) is 9.18 Å². The second kappa shape index (κ2) is 9.03. The summed E-state index contributed by atoms with van der Waals surface area (Å²) in [4.78, 5) is 26.7. The van der Waals surface area contributed by atoms with Crippen LogP contribution in [0.1, 0.15) is 6.42 Å². The van der Waals surface area contributed by atoms with E-state index in [4.69, 9.17) is 9.26 Å². The summed E-state index contributed by atoms with van der Waals surface area (Å²) in [6.45, 7) is 0.855. The van der Waals surface area contributed by atoms with Crippen molar-refractivity contribution in [2.75, 3.05) is 18.4 Å². The van der Waals surface area contributed by atoms with Gasteiger partial charge in [0.15, 0.2) is 0 Å². The molecule has 2 aromatic carbocycles. The molecule has 4 aromatic rings. The summed E-state index contributed by atoms with van der Waals surface area (Å²) < 4.78 is 25.4. The maximum absolute atomic E-state index is 13.8. The number of carbonyl (C=O) groups excluding carboxylic acids is 1. The minimum absolute atomic E-state index is 0.146. The number of halogens is 1. The van der Waals surface area contributed by atoms with Crippen molar-refractivity contribution in [3.05, 3.63) is 72.9 Å². The fraction of sp³-hybridized carbons (Fsp3) is 0.174. The molecule has 5 rings (SSSR count). The number of urea groups is 1. The van der Waals surface area contributed by atoms with E-state index in [-0.39, 0.29) is 17.8 Å². The Morgan fingerprint density at radius 1 is 1.15 bits per heavy atom. The van der Waals surface area contributed by atoms with Crippen molar-refractivity contribution in [3.63, 3.8) is 0 Å². The van der Waals surface area contributed by atoms with Gasteiger partial charge in [-0.25, -0.2) is 14.2 Å². The first-order valence-electron chi connectivity index (χ1n) is 10.3. The number of ether oxygens (including phenoxy) is 1. The zero-order chi connectivity index (χ0) is 22.6. The van der Waals surface area contributed by atoms with E-state index >= 15 is 0 Å². The normalized spacial score (nSPS) is 15.4. The Bertz CT molecular complexity index is 1270. The number of hydrogen-bond donors (Lipinski definition) is 1. The van der Waals surface area contributed by atoms with Gasteiger partial charge < -0.3 is 19.5 Å². The Labute approximate surface area is 188 Å². The maximum atomic E-state index is 13.8. The summed E-state index contributed by atoms with van der Waals surface area (Å²) in [5.74, 6) is 0.698. The topological polar surface area (TPSA) is 106 Å². The largest absolute Gasteiger partial charge is 0.488 e. The number of carbonyl (C=O) groups is 1. The number of likely N-dealkylation sites (tertiary alicyclic amines) is 1. The lowest BCUT2D eigenvalue weighted by Gasteiger charge is -2.18. The van der Waals surface area contributed by atoms with Gasteiger partial charge in [0.1, 0.15) is 23.4 Å². The highest BCUT2D eigenvalue weighted by Crippen LogP contribution is 2.31. The van der Waals surface area contributed by atoms with E-state index < -0.39 is 5.82 Å². The fourth-order valence-corrected chi connectivity index (χ4v) is 3.54. The van der Waals surface area contributed by atoms with Gasteiger partial charge in [-0.1, -0.05) is 29.4 Å². The molecule has 0 bridgehead atoms. The van der Waals surface area contributed by atoms with E-state index in [0.29, 0.717) is 48.2 Å². The Morgan fingerprint density at radius 3 is 2.85 bits per heavy atom. The number of anilines is 1. The molecular weight excluding hydrogens is 427 g/mol. The van der Waals surface area contributed by atoms with Crippen LogP contribution in [0.4, 0.5) is 14.9 Å². The van der Waals surface area contributed by atoms with Crippen molar-refractivity contribution in [3.8, 4) is 28.7 Å². The lowest BCUT2D eigenvalue weighted by molar-refractivity contribution is 0.195. The molecule has 1 N–H and O–H groups in total. The quantitative estimate of drug-likeness (QED) is 0.493. The summed E-state index contributed by atoms with van der Waals surface area (Å²) in [7, 11) is 0. The number of amides is 2. The van der Waals surface area contributed by atoms with Crippen molar-refractivity contribution in [1.82, 2.24) is 25.0 Å². The molecule has 2 aromatic heterocycles. The van der Waals surface area contributed by atoms with Crippen LogP contribution in [0.3, 0.4) is 0 Å². The van der Waals surface area contributed by atoms with Gasteiger partial charge in [-0.05, 0) is 24.3 Å². The second-order valence-corrected chi connectivity index (χ2v) is 7.39. The minimum atomic E-state index is -0.479. The third kappa shape index (κ3) is 4.49. The van der Waals surface area contributed by atoms with Crippen molar-refractivity contribution in [2.24, 2.45) is 0 Å². The predicted molar refractivity (Wildman–Crippen MR) is 117 cm³/mol. The molecule has 9 nitrogen and oxygen atoms in total. The zero-order valence-electron chi connectivity index (χ0n) is 17.4. The van der Waals surface area contributed by atoms with Crippen LogP contribution in [0, 0.1) is 5.82 Å². The van der Waals surface area contributed by atoms with E-state index in [1.54, 1.807) is 35.6 Å². The number of hydrogen-bond acceptors (Lipinski definition) is 7. The molecule has 10 heteroatoms. The van der Waals surface area contributed by atoms with Gasteiger partial charge >= 0.3 is 6.03 Å². The first-order valence-corrected chi connectivity index (χ1v) is 10.3. The average molecular weight is 446 g/mol. The van der Waals surface area contributed by atoms with Gasteiger partial charge in [0.25, 0.3) is 5.89 Å². The Hall–Kier alpha value is -4.34. The van der Waals surface area contributed by atoms with Crippen LogP contribution in [0.2, 0.25) is 0 Å². The van der Waals surface area contributed by atoms with E-state index in [0.717, 1.165) is 0 Å². The number of benzene rings is 2. The number of rotatable bonds is 5. The monoisotopic (exact) mass is 446 g/mol. The smallest absolute Gasteiger partial charge is 0.322 e. The molecular formula is C23H19FN6O3. The number of nitrogens with zero attached hydrogens (tertiary/aromatic N) is 5. The number of para-hydroxylation sites is 2. The van der Waals surface area contributed by atoms with Gasteiger partial charge in [0.2, 0.25) is 5.82 Å². The molecule has 1 unspecified atom stereocenters. The molecule has 1 aliphatic rings. The molecule has 166 valence electrons. The molecule has 1 atom stereocenters. The Balaban J connectivity index is 1.27. The number of aromatic nitrogens is 4. The van der Waals surface area contributed by atoms with Crippen LogP contribution in [0.5, 0.6) is 5.75 Å². The third-order valence-corrected chi connectivity index (χ3v) is 5.18. The first-order chi connectivity index (χ1) is 16.2. The molecule has 3 heterocycles. The highest BCUT2D eigenvalue weighted by Gasteiger charge is 2.29. The van der Waals surface area contributed by atoms with Gasteiger partial charge in [-0.3, -0.25) is 4.98 Å². The second-order valence-electron chi connectivity index (χ2n) is 7.39. The summed E-state index contributed by atoms with van der Waals surface area (Å²) in [5.41, 5.74) is 1.28. The molecule has 2 amide bonds. The Morgan fingerprint density at radius 2 is 2.00 bits per heavy atom. The summed E-state index contributed by atoms with van der Waals surface area (Å²) >= 11 is 0. The molecule has 0 aliphatic carbocycles. The predicted octanol–water partition coefficient (Wildman–Crippen LogP) is 4.02. The molecule has 1 fully saturated rings. The summed E-state index contributed by atoms with van der Waals surface area (Å²) in [6, 6.07) is 13.0. The van der Waals surface area contributed by atoms with Gasteiger partial charge in [0.05, 0.1) is 24.0 Å². The summed E-state index contributed by atoms with van der Waals surface area (Å²) in [5, 5.41) is 6.59. The van der Waals surface area contributed by atoms with Crippen LogP contribution in [0.25, 0.3) is 23.0 Å². The van der Waals surface area contributed by atoms with E-state index in [1.165, 1.54) is 12.1 Å². The molecule has 1 saturated heterocycles. The van der Waals surface area contributed by atoms with Crippen molar-refractivity contribution < 1.29 is 18.4 Å². The van der Waals surface area contributed by atoms with Crippen molar-refractivity contribution >= 4 is 11.7 Å². The molecule has 0 spiro atoms. The fourth-order valence-electron chi connectivity index (χ4n) is 3.54. The molecule has 0 radical (unpaired) electrons. The van der Waals surface area contributed by atoms with Gasteiger partial charge in [-0.15, -0.1) is 0 Å². The number of nitrogens with one attached hydrogen (secondary N) is 1. The van der Waals surface area contributed by atoms with E-state index in [2.05, 4.69) is 25.4 Å². The third-order valence-electron chi connectivity index (χ3n) is 5.18.